The molecule has 0 bridgehead atoms. The van der Waals surface area contributed by atoms with E-state index in [0.29, 0.717) is 12.2 Å². The van der Waals surface area contributed by atoms with Gasteiger partial charge < -0.3 is 5.11 Å². The van der Waals surface area contributed by atoms with E-state index in [0.717, 1.165) is 18.4 Å². The molecule has 104 valence electrons. The molecule has 0 radical (unpaired) electrons. The highest BCUT2D eigenvalue weighted by molar-refractivity contribution is 7.93. The summed E-state index contributed by atoms with van der Waals surface area (Å²) >= 11 is 0. The number of para-hydroxylation sites is 2. The molecule has 2 aromatic rings. The van der Waals surface area contributed by atoms with Gasteiger partial charge in [0.2, 0.25) is 0 Å². The van der Waals surface area contributed by atoms with Gasteiger partial charge in [-0.2, -0.15) is 0 Å². The number of rotatable bonds is 2. The average Bonchev–Trinajstić information content (AvgIpc) is 2.47. The molecule has 5 heteroatoms. The predicted molar refractivity (Wildman–Crippen MR) is 77.4 cm³/mol. The average molecular weight is 289 g/mol. The van der Waals surface area contributed by atoms with Gasteiger partial charge in [-0.1, -0.05) is 30.3 Å². The van der Waals surface area contributed by atoms with E-state index in [1.165, 1.54) is 16.4 Å². The molecule has 0 saturated heterocycles. The van der Waals surface area contributed by atoms with Crippen molar-refractivity contribution in [3.8, 4) is 5.75 Å². The molecule has 0 amide bonds. The summed E-state index contributed by atoms with van der Waals surface area (Å²) in [5.74, 6) is -0.212. The van der Waals surface area contributed by atoms with E-state index in [9.17, 15) is 13.5 Å². The number of benzene rings is 2. The molecule has 0 aliphatic carbocycles. The summed E-state index contributed by atoms with van der Waals surface area (Å²) in [4.78, 5) is -0.0447. The summed E-state index contributed by atoms with van der Waals surface area (Å²) < 4.78 is 26.9. The van der Waals surface area contributed by atoms with Gasteiger partial charge in [-0.15, -0.1) is 0 Å². The smallest absolute Gasteiger partial charge is 0.268 e. The zero-order valence-electron chi connectivity index (χ0n) is 10.9. The molecule has 0 atom stereocenters. The van der Waals surface area contributed by atoms with Gasteiger partial charge in [0.1, 0.15) is 10.6 Å². The molecule has 4 nitrogen and oxygen atoms in total. The fourth-order valence-corrected chi connectivity index (χ4v) is 4.17. The summed E-state index contributed by atoms with van der Waals surface area (Å²) in [6.45, 7) is 0.438. The largest absolute Gasteiger partial charge is 0.507 e. The number of fused-ring (bicyclic) bond motifs is 1. The number of nitrogens with zero attached hydrogens (tertiary/aromatic N) is 1. The monoisotopic (exact) mass is 289 g/mol. The lowest BCUT2D eigenvalue weighted by Crippen LogP contribution is -2.35. The second-order valence-electron chi connectivity index (χ2n) is 4.78. The minimum Gasteiger partial charge on any atom is -0.507 e. The van der Waals surface area contributed by atoms with Crippen LogP contribution in [-0.4, -0.2) is 20.1 Å². The van der Waals surface area contributed by atoms with Crippen LogP contribution in [0.2, 0.25) is 0 Å². The van der Waals surface area contributed by atoms with Gasteiger partial charge >= 0.3 is 0 Å². The highest BCUT2D eigenvalue weighted by atomic mass is 32.2. The van der Waals surface area contributed by atoms with Crippen LogP contribution >= 0.6 is 0 Å². The number of sulfonamides is 1. The van der Waals surface area contributed by atoms with Crippen molar-refractivity contribution < 1.29 is 13.5 Å². The van der Waals surface area contributed by atoms with E-state index in [4.69, 9.17) is 0 Å². The topological polar surface area (TPSA) is 57.6 Å². The maximum atomic E-state index is 12.7. The van der Waals surface area contributed by atoms with E-state index >= 15 is 0 Å². The van der Waals surface area contributed by atoms with Crippen LogP contribution in [0.5, 0.6) is 5.75 Å². The zero-order chi connectivity index (χ0) is 14.2. The van der Waals surface area contributed by atoms with Crippen molar-refractivity contribution in [2.45, 2.75) is 17.7 Å². The van der Waals surface area contributed by atoms with Gasteiger partial charge in [0.25, 0.3) is 10.0 Å². The SMILES string of the molecule is O=S(=O)(c1ccccc1O)N1CCCc2ccccc21. The molecule has 1 aliphatic rings. The van der Waals surface area contributed by atoms with Crippen molar-refractivity contribution in [3.05, 3.63) is 54.1 Å². The van der Waals surface area contributed by atoms with Crippen molar-refractivity contribution in [1.29, 1.82) is 0 Å². The Hall–Kier alpha value is -2.01. The second kappa shape index (κ2) is 4.83. The maximum absolute atomic E-state index is 12.7. The fraction of sp³-hybridized carbons (Fsp3) is 0.200. The normalized spacial score (nSPS) is 14.9. The minimum absolute atomic E-state index is 0.0447. The molecular weight excluding hydrogens is 274 g/mol. The van der Waals surface area contributed by atoms with Crippen molar-refractivity contribution in [2.75, 3.05) is 10.8 Å². The lowest BCUT2D eigenvalue weighted by Gasteiger charge is -2.30. The van der Waals surface area contributed by atoms with E-state index in [-0.39, 0.29) is 10.6 Å². The number of hydrogen-bond donors (Lipinski definition) is 1. The van der Waals surface area contributed by atoms with Crippen molar-refractivity contribution >= 4 is 15.7 Å². The quantitative estimate of drug-likeness (QED) is 0.924. The molecule has 0 saturated carbocycles. The third kappa shape index (κ3) is 2.04. The summed E-state index contributed by atoms with van der Waals surface area (Å²) in [6.07, 6.45) is 1.66. The Morgan fingerprint density at radius 3 is 2.50 bits per heavy atom. The first-order valence-corrected chi connectivity index (χ1v) is 7.93. The molecule has 1 heterocycles. The molecule has 0 spiro atoms. The number of phenols is 1. The summed E-state index contributed by atoms with van der Waals surface area (Å²) in [7, 11) is -3.72. The Kier molecular flexibility index (Phi) is 3.14. The van der Waals surface area contributed by atoms with Gasteiger partial charge in [0, 0.05) is 6.54 Å². The highest BCUT2D eigenvalue weighted by Crippen LogP contribution is 2.34. The number of aryl methyl sites for hydroxylation is 1. The van der Waals surface area contributed by atoms with Crippen molar-refractivity contribution in [2.24, 2.45) is 0 Å². The zero-order valence-corrected chi connectivity index (χ0v) is 11.7. The van der Waals surface area contributed by atoms with Gasteiger partial charge in [0.05, 0.1) is 5.69 Å². The van der Waals surface area contributed by atoms with Crippen LogP contribution in [0.1, 0.15) is 12.0 Å². The van der Waals surface area contributed by atoms with Crippen LogP contribution in [0.4, 0.5) is 5.69 Å². The maximum Gasteiger partial charge on any atom is 0.268 e. The lowest BCUT2D eigenvalue weighted by atomic mass is 10.0. The second-order valence-corrected chi connectivity index (χ2v) is 6.61. The van der Waals surface area contributed by atoms with Gasteiger partial charge in [-0.25, -0.2) is 8.42 Å². The van der Waals surface area contributed by atoms with Gasteiger partial charge in [-0.05, 0) is 36.6 Å². The molecule has 0 unspecified atom stereocenters. The number of aromatic hydroxyl groups is 1. The molecule has 1 N–H and O–H groups in total. The number of phenolic OH excluding ortho intramolecular Hbond substituents is 1. The number of hydrogen-bond acceptors (Lipinski definition) is 3. The van der Waals surface area contributed by atoms with E-state index in [2.05, 4.69) is 0 Å². The van der Waals surface area contributed by atoms with Crippen LogP contribution < -0.4 is 4.31 Å². The number of anilines is 1. The minimum atomic E-state index is -3.72. The van der Waals surface area contributed by atoms with E-state index in [1.807, 2.05) is 24.3 Å². The Balaban J connectivity index is 2.13. The van der Waals surface area contributed by atoms with Crippen LogP contribution in [-0.2, 0) is 16.4 Å². The third-order valence-electron chi connectivity index (χ3n) is 3.50. The van der Waals surface area contributed by atoms with Crippen molar-refractivity contribution in [3.63, 3.8) is 0 Å². The highest BCUT2D eigenvalue weighted by Gasteiger charge is 2.30. The summed E-state index contributed by atoms with van der Waals surface area (Å²) in [5, 5.41) is 9.82. The van der Waals surface area contributed by atoms with Crippen LogP contribution in [0.25, 0.3) is 0 Å². The van der Waals surface area contributed by atoms with Gasteiger partial charge in [-0.3, -0.25) is 4.31 Å². The third-order valence-corrected chi connectivity index (χ3v) is 5.36. The van der Waals surface area contributed by atoms with E-state index < -0.39 is 10.0 Å². The fourth-order valence-electron chi connectivity index (χ4n) is 2.54. The predicted octanol–water partition coefficient (Wildman–Crippen LogP) is 2.53. The van der Waals surface area contributed by atoms with Gasteiger partial charge in [0.15, 0.2) is 0 Å². The molecule has 3 rings (SSSR count). The molecule has 0 fully saturated rings. The Labute approximate surface area is 118 Å². The Bertz CT molecular complexity index is 740. The molecule has 20 heavy (non-hydrogen) atoms. The van der Waals surface area contributed by atoms with Crippen LogP contribution in [0.3, 0.4) is 0 Å². The lowest BCUT2D eigenvalue weighted by molar-refractivity contribution is 0.458. The first-order chi connectivity index (χ1) is 9.60. The van der Waals surface area contributed by atoms with Crippen LogP contribution in [0.15, 0.2) is 53.4 Å². The molecule has 0 aromatic heterocycles. The molecule has 1 aliphatic heterocycles. The van der Waals surface area contributed by atoms with E-state index in [1.54, 1.807) is 12.1 Å². The van der Waals surface area contributed by atoms with Crippen LogP contribution in [0, 0.1) is 0 Å². The molecular formula is C15H15NO3S. The first kappa shape index (κ1) is 13.0. The molecule has 2 aromatic carbocycles. The standard InChI is InChI=1S/C15H15NO3S/c17-14-9-3-4-10-15(14)20(18,19)16-11-5-7-12-6-1-2-8-13(12)16/h1-4,6,8-10,17H,5,7,11H2. The summed E-state index contributed by atoms with van der Waals surface area (Å²) in [5.41, 5.74) is 1.74. The first-order valence-electron chi connectivity index (χ1n) is 6.49. The van der Waals surface area contributed by atoms with Crippen molar-refractivity contribution in [1.82, 2.24) is 0 Å². The Morgan fingerprint density at radius 2 is 1.70 bits per heavy atom. The Morgan fingerprint density at radius 1 is 1.00 bits per heavy atom. The summed E-state index contributed by atoms with van der Waals surface area (Å²) in [6, 6.07) is 13.5.